The van der Waals surface area contributed by atoms with Crippen molar-refractivity contribution in [3.8, 4) is 0 Å². The van der Waals surface area contributed by atoms with E-state index in [2.05, 4.69) is 10.6 Å². The van der Waals surface area contributed by atoms with Gasteiger partial charge in [-0.15, -0.1) is 0 Å². The van der Waals surface area contributed by atoms with Crippen LogP contribution in [0.15, 0.2) is 48.5 Å². The SMILES string of the molecule is CC(Nc1cccc(CO)c1)C(=O)Nc1ccccc1Cl. The van der Waals surface area contributed by atoms with Crippen LogP contribution in [-0.4, -0.2) is 17.1 Å². The molecular formula is C16H17ClN2O2. The van der Waals surface area contributed by atoms with E-state index in [9.17, 15) is 4.79 Å². The van der Waals surface area contributed by atoms with Gasteiger partial charge in [0.25, 0.3) is 0 Å². The lowest BCUT2D eigenvalue weighted by molar-refractivity contribution is -0.116. The van der Waals surface area contributed by atoms with E-state index in [0.717, 1.165) is 11.3 Å². The van der Waals surface area contributed by atoms with Gasteiger partial charge in [0.15, 0.2) is 0 Å². The van der Waals surface area contributed by atoms with Crippen LogP contribution in [0.5, 0.6) is 0 Å². The largest absolute Gasteiger partial charge is 0.392 e. The van der Waals surface area contributed by atoms with Crippen molar-refractivity contribution in [2.75, 3.05) is 10.6 Å². The van der Waals surface area contributed by atoms with Gasteiger partial charge in [-0.1, -0.05) is 35.9 Å². The van der Waals surface area contributed by atoms with E-state index in [1.165, 1.54) is 0 Å². The molecule has 0 aliphatic carbocycles. The van der Waals surface area contributed by atoms with E-state index in [1.54, 1.807) is 31.2 Å². The van der Waals surface area contributed by atoms with Crippen LogP contribution in [0.25, 0.3) is 0 Å². The van der Waals surface area contributed by atoms with Crippen molar-refractivity contribution >= 4 is 28.9 Å². The molecule has 0 radical (unpaired) electrons. The molecule has 1 unspecified atom stereocenters. The van der Waals surface area contributed by atoms with Gasteiger partial charge in [0.05, 0.1) is 17.3 Å². The predicted octanol–water partition coefficient (Wildman–Crippen LogP) is 3.27. The Balaban J connectivity index is 2.01. The summed E-state index contributed by atoms with van der Waals surface area (Å²) in [7, 11) is 0. The molecule has 21 heavy (non-hydrogen) atoms. The summed E-state index contributed by atoms with van der Waals surface area (Å²) in [6.45, 7) is 1.73. The molecule has 0 heterocycles. The topological polar surface area (TPSA) is 61.4 Å². The van der Waals surface area contributed by atoms with E-state index >= 15 is 0 Å². The first kappa shape index (κ1) is 15.4. The minimum atomic E-state index is -0.435. The van der Waals surface area contributed by atoms with Crippen molar-refractivity contribution in [2.24, 2.45) is 0 Å². The fraction of sp³-hybridized carbons (Fsp3) is 0.188. The highest BCUT2D eigenvalue weighted by atomic mass is 35.5. The first-order valence-electron chi connectivity index (χ1n) is 6.62. The zero-order valence-corrected chi connectivity index (χ0v) is 12.4. The van der Waals surface area contributed by atoms with E-state index in [1.807, 2.05) is 24.3 Å². The number of aliphatic hydroxyl groups is 1. The Morgan fingerprint density at radius 3 is 2.71 bits per heavy atom. The standard InChI is InChI=1S/C16H17ClN2O2/c1-11(18-13-6-4-5-12(9-13)10-20)16(21)19-15-8-3-2-7-14(15)17/h2-9,11,18,20H,10H2,1H3,(H,19,21). The summed E-state index contributed by atoms with van der Waals surface area (Å²) in [5.74, 6) is -0.183. The Kier molecular flexibility index (Phi) is 5.20. The van der Waals surface area contributed by atoms with Crippen LogP contribution in [0.4, 0.5) is 11.4 Å². The van der Waals surface area contributed by atoms with Crippen molar-refractivity contribution in [1.82, 2.24) is 0 Å². The highest BCUT2D eigenvalue weighted by Crippen LogP contribution is 2.21. The number of carbonyl (C=O) groups excluding carboxylic acids is 1. The second-order valence-corrected chi connectivity index (χ2v) is 5.10. The first-order valence-corrected chi connectivity index (χ1v) is 6.99. The number of hydrogen-bond acceptors (Lipinski definition) is 3. The van der Waals surface area contributed by atoms with Crippen molar-refractivity contribution in [2.45, 2.75) is 19.6 Å². The summed E-state index contributed by atoms with van der Waals surface area (Å²) in [5.41, 5.74) is 2.16. The fourth-order valence-corrected chi connectivity index (χ4v) is 2.06. The number of aliphatic hydroxyl groups excluding tert-OH is 1. The average Bonchev–Trinajstić information content (AvgIpc) is 2.49. The molecule has 4 nitrogen and oxygen atoms in total. The van der Waals surface area contributed by atoms with E-state index in [4.69, 9.17) is 16.7 Å². The number of benzene rings is 2. The highest BCUT2D eigenvalue weighted by molar-refractivity contribution is 6.33. The maximum Gasteiger partial charge on any atom is 0.246 e. The third kappa shape index (κ3) is 4.21. The number of para-hydroxylation sites is 1. The van der Waals surface area contributed by atoms with E-state index < -0.39 is 6.04 Å². The molecule has 0 fully saturated rings. The van der Waals surface area contributed by atoms with Gasteiger partial charge < -0.3 is 15.7 Å². The number of rotatable bonds is 5. The zero-order chi connectivity index (χ0) is 15.2. The van der Waals surface area contributed by atoms with Crippen LogP contribution in [0.3, 0.4) is 0 Å². The van der Waals surface area contributed by atoms with Gasteiger partial charge in [-0.3, -0.25) is 4.79 Å². The van der Waals surface area contributed by atoms with E-state index in [0.29, 0.717) is 10.7 Å². The molecule has 0 saturated heterocycles. The van der Waals surface area contributed by atoms with Crippen LogP contribution < -0.4 is 10.6 Å². The van der Waals surface area contributed by atoms with Gasteiger partial charge in [0, 0.05) is 5.69 Å². The minimum absolute atomic E-state index is 0.0320. The van der Waals surface area contributed by atoms with Crippen LogP contribution in [0.1, 0.15) is 12.5 Å². The number of amides is 1. The summed E-state index contributed by atoms with van der Waals surface area (Å²) >= 11 is 6.01. The van der Waals surface area contributed by atoms with Gasteiger partial charge >= 0.3 is 0 Å². The molecule has 2 aromatic rings. The fourth-order valence-electron chi connectivity index (χ4n) is 1.88. The van der Waals surface area contributed by atoms with Crippen LogP contribution in [-0.2, 0) is 11.4 Å². The number of halogens is 1. The molecule has 5 heteroatoms. The van der Waals surface area contributed by atoms with E-state index in [-0.39, 0.29) is 12.5 Å². The second-order valence-electron chi connectivity index (χ2n) is 4.69. The number of hydrogen-bond donors (Lipinski definition) is 3. The molecule has 2 aromatic carbocycles. The third-order valence-corrected chi connectivity index (χ3v) is 3.35. The van der Waals surface area contributed by atoms with Gasteiger partial charge in [0.1, 0.15) is 6.04 Å². The smallest absolute Gasteiger partial charge is 0.246 e. The Hall–Kier alpha value is -2.04. The molecule has 110 valence electrons. The molecular weight excluding hydrogens is 288 g/mol. The molecule has 1 amide bonds. The monoisotopic (exact) mass is 304 g/mol. The van der Waals surface area contributed by atoms with Crippen molar-refractivity contribution < 1.29 is 9.90 Å². The van der Waals surface area contributed by atoms with Crippen LogP contribution >= 0.6 is 11.6 Å². The molecule has 0 aliphatic rings. The van der Waals surface area contributed by atoms with Gasteiger partial charge in [-0.05, 0) is 36.8 Å². The van der Waals surface area contributed by atoms with Gasteiger partial charge in [-0.2, -0.15) is 0 Å². The lowest BCUT2D eigenvalue weighted by Crippen LogP contribution is -2.31. The Morgan fingerprint density at radius 2 is 2.00 bits per heavy atom. The zero-order valence-electron chi connectivity index (χ0n) is 11.6. The third-order valence-electron chi connectivity index (χ3n) is 3.02. The maximum absolute atomic E-state index is 12.1. The molecule has 3 N–H and O–H groups in total. The predicted molar refractivity (Wildman–Crippen MR) is 85.5 cm³/mol. The lowest BCUT2D eigenvalue weighted by Gasteiger charge is -2.16. The number of anilines is 2. The maximum atomic E-state index is 12.1. The normalized spacial score (nSPS) is 11.8. The van der Waals surface area contributed by atoms with Crippen LogP contribution in [0, 0.1) is 0 Å². The van der Waals surface area contributed by atoms with Gasteiger partial charge in [0.2, 0.25) is 5.91 Å². The molecule has 0 saturated carbocycles. The number of carbonyl (C=O) groups is 1. The van der Waals surface area contributed by atoms with Crippen molar-refractivity contribution in [3.05, 3.63) is 59.1 Å². The summed E-state index contributed by atoms with van der Waals surface area (Å²) in [6.07, 6.45) is 0. The molecule has 0 bridgehead atoms. The van der Waals surface area contributed by atoms with Crippen molar-refractivity contribution in [1.29, 1.82) is 0 Å². The van der Waals surface area contributed by atoms with Gasteiger partial charge in [-0.25, -0.2) is 0 Å². The summed E-state index contributed by atoms with van der Waals surface area (Å²) in [4.78, 5) is 12.1. The number of nitrogens with one attached hydrogen (secondary N) is 2. The molecule has 0 aliphatic heterocycles. The summed E-state index contributed by atoms with van der Waals surface area (Å²) in [6, 6.07) is 13.9. The second kappa shape index (κ2) is 7.11. The highest BCUT2D eigenvalue weighted by Gasteiger charge is 2.14. The first-order chi connectivity index (χ1) is 10.1. The van der Waals surface area contributed by atoms with Crippen LogP contribution in [0.2, 0.25) is 5.02 Å². The Bertz CT molecular complexity index is 631. The Labute approximate surface area is 128 Å². The summed E-state index contributed by atoms with van der Waals surface area (Å²) < 4.78 is 0. The lowest BCUT2D eigenvalue weighted by atomic mass is 10.2. The Morgan fingerprint density at radius 1 is 1.24 bits per heavy atom. The average molecular weight is 305 g/mol. The summed E-state index contributed by atoms with van der Waals surface area (Å²) in [5, 5.41) is 15.5. The molecule has 0 spiro atoms. The quantitative estimate of drug-likeness (QED) is 0.794. The minimum Gasteiger partial charge on any atom is -0.392 e. The molecule has 2 rings (SSSR count). The van der Waals surface area contributed by atoms with Crippen molar-refractivity contribution in [3.63, 3.8) is 0 Å². The molecule has 1 atom stereocenters. The molecule has 0 aromatic heterocycles.